The van der Waals surface area contributed by atoms with E-state index >= 15 is 4.39 Å². The van der Waals surface area contributed by atoms with Crippen LogP contribution in [0.15, 0.2) is 48.7 Å². The number of aryl methyl sites for hydroxylation is 2. The Hall–Kier alpha value is -5.61. The van der Waals surface area contributed by atoms with Crippen molar-refractivity contribution in [3.63, 3.8) is 0 Å². The van der Waals surface area contributed by atoms with Gasteiger partial charge in [0.25, 0.3) is 0 Å². The Morgan fingerprint density at radius 3 is 2.76 bits per heavy atom. The van der Waals surface area contributed by atoms with Gasteiger partial charge in [-0.2, -0.15) is 9.97 Å². The predicted molar refractivity (Wildman–Crippen MR) is 201 cm³/mol. The van der Waals surface area contributed by atoms with Crippen LogP contribution in [0.25, 0.3) is 39.0 Å². The molecule has 6 heterocycles. The highest BCUT2D eigenvalue weighted by Gasteiger charge is 2.49. The minimum absolute atomic E-state index is 0.0161. The molecular weight excluding hydrogens is 693 g/mol. The summed E-state index contributed by atoms with van der Waals surface area (Å²) in [6, 6.07) is 9.84. The number of halogens is 3. The molecule has 10 nitrogen and oxygen atoms in total. The molecule has 0 N–H and O–H groups in total. The van der Waals surface area contributed by atoms with E-state index in [1.807, 2.05) is 31.9 Å². The lowest BCUT2D eigenvalue weighted by atomic mass is 9.95. The second-order valence-electron chi connectivity index (χ2n) is 14.7. The zero-order valence-electron chi connectivity index (χ0n) is 30.3. The molecule has 3 aliphatic heterocycles. The number of likely N-dealkylation sites (tertiary alicyclic amines) is 1. The maximum Gasteiger partial charge on any atom is 0.319 e. The first kappa shape index (κ1) is 35.4. The molecule has 3 saturated heterocycles. The van der Waals surface area contributed by atoms with Crippen LogP contribution in [0.2, 0.25) is 0 Å². The van der Waals surface area contributed by atoms with Crippen LogP contribution in [0.1, 0.15) is 42.0 Å². The predicted octanol–water partition coefficient (Wildman–Crippen LogP) is 6.07. The smallest absolute Gasteiger partial charge is 0.319 e. The van der Waals surface area contributed by atoms with Gasteiger partial charge in [-0.3, -0.25) is 14.7 Å². The zero-order valence-corrected chi connectivity index (χ0v) is 30.3. The summed E-state index contributed by atoms with van der Waals surface area (Å²) in [7, 11) is 1.84. The molecule has 8 rings (SSSR count). The summed E-state index contributed by atoms with van der Waals surface area (Å²) in [4.78, 5) is 41.2. The van der Waals surface area contributed by atoms with E-state index in [4.69, 9.17) is 16.1 Å². The molecule has 5 aromatic rings. The molecule has 0 spiro atoms. The summed E-state index contributed by atoms with van der Waals surface area (Å²) in [5, 5.41) is 1.36. The molecule has 2 aromatic carbocycles. The standard InChI is InChI=1S/C41H39F3N8O2/c1-5-30-33(43)12-10-27-8-6-9-31(35(27)30)37-36(44)38-32(18-45-37)39(49-40(48-38)54-23-41-14-7-15-52(41)22-28(42)17-41)50(4)19-26-20-51(21-26)34(53)13-11-29-16-24(2)46-25(3)47-29/h1,6,8-13,16,18,26,28H,7,14-15,17,19-23H2,2-4H3/t28-,41+/m1/s1. The van der Waals surface area contributed by atoms with E-state index < -0.39 is 23.3 Å². The number of anilines is 1. The highest BCUT2D eigenvalue weighted by molar-refractivity contribution is 6.02. The summed E-state index contributed by atoms with van der Waals surface area (Å²) in [5.74, 6) is 2.13. The van der Waals surface area contributed by atoms with Crippen LogP contribution in [0, 0.1) is 43.7 Å². The van der Waals surface area contributed by atoms with Crippen molar-refractivity contribution in [1.29, 1.82) is 0 Å². The number of amides is 1. The number of alkyl halides is 1. The van der Waals surface area contributed by atoms with Crippen molar-refractivity contribution >= 4 is 39.5 Å². The topological polar surface area (TPSA) is 100 Å². The van der Waals surface area contributed by atoms with E-state index in [9.17, 15) is 13.6 Å². The number of carbonyl (C=O) groups is 1. The van der Waals surface area contributed by atoms with Crippen molar-refractivity contribution in [1.82, 2.24) is 34.7 Å². The number of carbonyl (C=O) groups excluding carboxylic acids is 1. The SMILES string of the molecule is C#Cc1c(F)ccc2cccc(-c3ncc4c(N(C)CC5CN(C(=O)C=Cc6cc(C)nc(C)n6)C5)nc(OC[C@@]56CCCN5C[C@H](F)C6)nc4c3F)c12. The van der Waals surface area contributed by atoms with E-state index in [-0.39, 0.29) is 41.2 Å². The summed E-state index contributed by atoms with van der Waals surface area (Å²) in [6.45, 7) is 6.56. The summed E-state index contributed by atoms with van der Waals surface area (Å²) in [6.07, 6.45) is 11.6. The third kappa shape index (κ3) is 6.49. The molecule has 3 aliphatic rings. The molecule has 0 radical (unpaired) electrons. The van der Waals surface area contributed by atoms with E-state index in [1.54, 1.807) is 35.2 Å². The highest BCUT2D eigenvalue weighted by atomic mass is 19.1. The van der Waals surface area contributed by atoms with Crippen molar-refractivity contribution in [3.05, 3.63) is 83.1 Å². The highest BCUT2D eigenvalue weighted by Crippen LogP contribution is 2.41. The van der Waals surface area contributed by atoms with Gasteiger partial charge >= 0.3 is 6.01 Å². The first-order valence-electron chi connectivity index (χ1n) is 18.1. The van der Waals surface area contributed by atoms with Crippen molar-refractivity contribution in [3.8, 4) is 29.6 Å². The minimum Gasteiger partial charge on any atom is -0.461 e. The van der Waals surface area contributed by atoms with Gasteiger partial charge in [-0.05, 0) is 56.8 Å². The molecule has 1 amide bonds. The van der Waals surface area contributed by atoms with Gasteiger partial charge in [0.15, 0.2) is 5.82 Å². The van der Waals surface area contributed by atoms with Gasteiger partial charge in [0.2, 0.25) is 5.91 Å². The molecule has 54 heavy (non-hydrogen) atoms. The molecule has 13 heteroatoms. The Morgan fingerprint density at radius 2 is 1.96 bits per heavy atom. The molecule has 0 unspecified atom stereocenters. The largest absolute Gasteiger partial charge is 0.461 e. The van der Waals surface area contributed by atoms with Crippen molar-refractivity contribution in [2.75, 3.05) is 51.3 Å². The van der Waals surface area contributed by atoms with Gasteiger partial charge in [-0.25, -0.2) is 23.1 Å². The van der Waals surface area contributed by atoms with Gasteiger partial charge in [0, 0.05) is 74.5 Å². The number of nitrogens with zero attached hydrogens (tertiary/aromatic N) is 8. The Labute approximate surface area is 311 Å². The van der Waals surface area contributed by atoms with Crippen molar-refractivity contribution < 1.29 is 22.7 Å². The second kappa shape index (κ2) is 14.0. The number of hydrogen-bond donors (Lipinski definition) is 0. The molecule has 2 atom stereocenters. The summed E-state index contributed by atoms with van der Waals surface area (Å²) in [5.41, 5.74) is 1.31. The number of pyridine rings is 1. The van der Waals surface area contributed by atoms with Gasteiger partial charge in [0.1, 0.15) is 41.4 Å². The summed E-state index contributed by atoms with van der Waals surface area (Å²) >= 11 is 0. The fraction of sp³-hybridized carbons (Fsp3) is 0.366. The lowest BCUT2D eigenvalue weighted by molar-refractivity contribution is -0.131. The van der Waals surface area contributed by atoms with Gasteiger partial charge < -0.3 is 14.5 Å². The maximum atomic E-state index is 16.9. The van der Waals surface area contributed by atoms with E-state index in [2.05, 4.69) is 30.8 Å². The van der Waals surface area contributed by atoms with E-state index in [0.717, 1.165) is 25.1 Å². The quantitative estimate of drug-likeness (QED) is 0.132. The van der Waals surface area contributed by atoms with E-state index in [1.165, 1.54) is 18.3 Å². The maximum absolute atomic E-state index is 16.9. The Morgan fingerprint density at radius 1 is 1.13 bits per heavy atom. The van der Waals surface area contributed by atoms with E-state index in [0.29, 0.717) is 71.7 Å². The molecule has 3 aromatic heterocycles. The fourth-order valence-corrected chi connectivity index (χ4v) is 8.34. The molecule has 276 valence electrons. The lowest BCUT2D eigenvalue weighted by Crippen LogP contribution is -2.53. The average molecular weight is 733 g/mol. The van der Waals surface area contributed by atoms with Crippen LogP contribution in [0.3, 0.4) is 0 Å². The average Bonchev–Trinajstić information content (AvgIpc) is 3.66. The second-order valence-corrected chi connectivity index (χ2v) is 14.7. The number of rotatable bonds is 9. The number of fused-ring (bicyclic) bond motifs is 3. The minimum atomic E-state index is -0.942. The van der Waals surface area contributed by atoms with Crippen LogP contribution in [-0.2, 0) is 4.79 Å². The molecule has 3 fully saturated rings. The lowest BCUT2D eigenvalue weighted by Gasteiger charge is -2.40. The number of benzene rings is 2. The third-order valence-corrected chi connectivity index (χ3v) is 10.8. The number of aromatic nitrogens is 5. The Balaban J connectivity index is 1.10. The van der Waals surface area contributed by atoms with Crippen LogP contribution in [-0.4, -0.2) is 98.7 Å². The number of ether oxygens (including phenoxy) is 1. The number of terminal acetylenes is 1. The monoisotopic (exact) mass is 732 g/mol. The van der Waals surface area contributed by atoms with Crippen molar-refractivity contribution in [2.45, 2.75) is 44.8 Å². The van der Waals surface area contributed by atoms with Gasteiger partial charge in [0.05, 0.1) is 22.2 Å². The van der Waals surface area contributed by atoms with Gasteiger partial charge in [-0.15, -0.1) is 6.42 Å². The van der Waals surface area contributed by atoms with Crippen LogP contribution >= 0.6 is 0 Å². The van der Waals surface area contributed by atoms with Crippen LogP contribution in [0.4, 0.5) is 19.0 Å². The van der Waals surface area contributed by atoms with Gasteiger partial charge in [-0.1, -0.05) is 30.2 Å². The molecule has 0 saturated carbocycles. The molecule has 0 aliphatic carbocycles. The molecular formula is C41H39F3N8O2. The first-order chi connectivity index (χ1) is 26.0. The van der Waals surface area contributed by atoms with Crippen LogP contribution in [0.5, 0.6) is 6.01 Å². The third-order valence-electron chi connectivity index (χ3n) is 10.8. The Kier molecular flexibility index (Phi) is 9.17. The summed E-state index contributed by atoms with van der Waals surface area (Å²) < 4.78 is 52.6. The fourth-order valence-electron chi connectivity index (χ4n) is 8.34. The van der Waals surface area contributed by atoms with Crippen LogP contribution < -0.4 is 9.64 Å². The van der Waals surface area contributed by atoms with Crippen molar-refractivity contribution in [2.24, 2.45) is 5.92 Å². The Bertz CT molecular complexity index is 2360. The number of hydrogen-bond acceptors (Lipinski definition) is 9. The first-order valence-corrected chi connectivity index (χ1v) is 18.1. The zero-order chi connectivity index (χ0) is 37.7. The molecule has 0 bridgehead atoms. The normalized spacial score (nSPS) is 20.1.